The summed E-state index contributed by atoms with van der Waals surface area (Å²) in [6, 6.07) is 0. The van der Waals surface area contributed by atoms with Crippen LogP contribution >= 0.6 is 0 Å². The fourth-order valence-corrected chi connectivity index (χ4v) is 0. The standard InChI is InChI=1S/C4H9.C2H.Co/c1-4(2)3;1-2;/h1-3H3;1H;/q2*-1;+2. The van der Waals surface area contributed by atoms with Crippen LogP contribution in [0.15, 0.2) is 0 Å². The predicted molar refractivity (Wildman–Crippen MR) is 28.5 cm³/mol. The molecule has 0 bridgehead atoms. The Morgan fingerprint density at radius 2 is 1.14 bits per heavy atom. The van der Waals surface area contributed by atoms with E-state index in [4.69, 9.17) is 6.42 Å². The summed E-state index contributed by atoms with van der Waals surface area (Å²) in [6.45, 7) is 6.25. The Kier molecular flexibility index (Phi) is 37.2. The first-order chi connectivity index (χ1) is 2.73. The van der Waals surface area contributed by atoms with E-state index in [9.17, 15) is 0 Å². The quantitative estimate of drug-likeness (QED) is 0.356. The van der Waals surface area contributed by atoms with Gasteiger partial charge in [0.05, 0.1) is 0 Å². The minimum absolute atomic E-state index is 0. The summed E-state index contributed by atoms with van der Waals surface area (Å²) in [7, 11) is 0. The van der Waals surface area contributed by atoms with Crippen molar-refractivity contribution in [2.24, 2.45) is 0 Å². The van der Waals surface area contributed by atoms with Gasteiger partial charge in [-0.05, 0) is 0 Å². The molecule has 0 saturated carbocycles. The maximum atomic E-state index is 5.25. The average molecular weight is 141 g/mol. The molecule has 0 aromatic rings. The van der Waals surface area contributed by atoms with E-state index < -0.39 is 0 Å². The average Bonchev–Trinajstić information content (AvgIpc) is 1.41. The van der Waals surface area contributed by atoms with Gasteiger partial charge in [0.1, 0.15) is 0 Å². The van der Waals surface area contributed by atoms with Gasteiger partial charge in [-0.2, -0.15) is 20.8 Å². The van der Waals surface area contributed by atoms with Crippen molar-refractivity contribution in [3.8, 4) is 6.42 Å². The van der Waals surface area contributed by atoms with Crippen molar-refractivity contribution in [2.75, 3.05) is 0 Å². The van der Waals surface area contributed by atoms with Crippen LogP contribution in [0.1, 0.15) is 20.8 Å². The third-order valence-electron chi connectivity index (χ3n) is 0. The monoisotopic (exact) mass is 141 g/mol. The fraction of sp³-hybridized carbons (Fsp3) is 0.500. The Hall–Kier alpha value is 0.0665. The largest absolute Gasteiger partial charge is 2.00 e. The van der Waals surface area contributed by atoms with E-state index >= 15 is 0 Å². The molecule has 0 amide bonds. The summed E-state index contributed by atoms with van der Waals surface area (Å²) >= 11 is 0. The predicted octanol–water partition coefficient (Wildman–Crippen LogP) is 1.82. The summed E-state index contributed by atoms with van der Waals surface area (Å²) < 4.78 is 0. The van der Waals surface area contributed by atoms with Gasteiger partial charge in [0.15, 0.2) is 0 Å². The Bertz CT molecular complexity index is 25.7. The molecule has 0 N–H and O–H groups in total. The zero-order valence-corrected chi connectivity index (χ0v) is 5.95. The minimum atomic E-state index is 0. The second-order valence-electron chi connectivity index (χ2n) is 1.50. The van der Waals surface area contributed by atoms with Crippen LogP contribution in [0, 0.1) is 18.8 Å². The van der Waals surface area contributed by atoms with E-state index in [0.29, 0.717) is 0 Å². The van der Waals surface area contributed by atoms with Gasteiger partial charge < -0.3 is 18.8 Å². The third-order valence-corrected chi connectivity index (χ3v) is 0. The second kappa shape index (κ2) is 16.6. The summed E-state index contributed by atoms with van der Waals surface area (Å²) in [5, 5.41) is 0. The molecule has 0 aliphatic rings. The zero-order chi connectivity index (χ0) is 5.58. The number of hydrogen-bond acceptors (Lipinski definition) is 0. The van der Waals surface area contributed by atoms with Crippen LogP contribution in [0.5, 0.6) is 0 Å². The van der Waals surface area contributed by atoms with Crippen molar-refractivity contribution < 1.29 is 16.8 Å². The second-order valence-corrected chi connectivity index (χ2v) is 1.50. The van der Waals surface area contributed by atoms with Crippen molar-refractivity contribution in [1.29, 1.82) is 0 Å². The maximum absolute atomic E-state index is 5.25. The Morgan fingerprint density at radius 3 is 1.14 bits per heavy atom. The first-order valence-electron chi connectivity index (χ1n) is 1.79. The molecule has 7 heavy (non-hydrogen) atoms. The molecule has 0 aliphatic carbocycles. The van der Waals surface area contributed by atoms with Crippen LogP contribution < -0.4 is 0 Å². The van der Waals surface area contributed by atoms with Gasteiger partial charge in [0.2, 0.25) is 0 Å². The van der Waals surface area contributed by atoms with Crippen LogP contribution in [0.3, 0.4) is 0 Å². The van der Waals surface area contributed by atoms with E-state index in [1.165, 1.54) is 5.92 Å². The summed E-state index contributed by atoms with van der Waals surface area (Å²) in [6.07, 6.45) is 9.00. The summed E-state index contributed by atoms with van der Waals surface area (Å²) in [5.41, 5.74) is 0. The molecule has 0 atom stereocenters. The number of hydrogen-bond donors (Lipinski definition) is 0. The Balaban J connectivity index is -0.0000000480. The normalized spacial score (nSPS) is 5.43. The number of rotatable bonds is 0. The zero-order valence-electron chi connectivity index (χ0n) is 4.91. The number of terminal acetylenes is 1. The van der Waals surface area contributed by atoms with E-state index in [0.717, 1.165) is 0 Å². The van der Waals surface area contributed by atoms with E-state index in [1.807, 2.05) is 0 Å². The summed E-state index contributed by atoms with van der Waals surface area (Å²) in [4.78, 5) is 0. The van der Waals surface area contributed by atoms with Crippen molar-refractivity contribution in [3.63, 3.8) is 0 Å². The van der Waals surface area contributed by atoms with Crippen LogP contribution in [-0.4, -0.2) is 0 Å². The molecule has 0 saturated heterocycles. The first kappa shape index (κ1) is 15.7. The first-order valence-corrected chi connectivity index (χ1v) is 1.79. The van der Waals surface area contributed by atoms with Gasteiger partial charge in [0, 0.05) is 0 Å². The van der Waals surface area contributed by atoms with Gasteiger partial charge >= 0.3 is 16.8 Å². The maximum Gasteiger partial charge on any atom is 2.00 e. The van der Waals surface area contributed by atoms with Crippen molar-refractivity contribution >= 4 is 0 Å². The van der Waals surface area contributed by atoms with Gasteiger partial charge in [-0.25, -0.2) is 0 Å². The minimum Gasteiger partial charge on any atom is -0.697 e. The van der Waals surface area contributed by atoms with Crippen molar-refractivity contribution in [2.45, 2.75) is 20.8 Å². The van der Waals surface area contributed by atoms with Crippen molar-refractivity contribution in [3.05, 3.63) is 12.3 Å². The topological polar surface area (TPSA) is 0 Å². The van der Waals surface area contributed by atoms with E-state index in [1.54, 1.807) is 0 Å². The molecule has 0 aromatic carbocycles. The molecule has 1 heteroatoms. The van der Waals surface area contributed by atoms with Gasteiger partial charge in [-0.15, -0.1) is 0 Å². The fourth-order valence-electron chi connectivity index (χ4n) is 0. The molecular weight excluding hydrogens is 131 g/mol. The molecule has 1 radical (unpaired) electrons. The van der Waals surface area contributed by atoms with Gasteiger partial charge in [0.25, 0.3) is 0 Å². The van der Waals surface area contributed by atoms with Crippen LogP contribution in [0.25, 0.3) is 0 Å². The Labute approximate surface area is 56.9 Å². The van der Waals surface area contributed by atoms with Crippen LogP contribution in [0.4, 0.5) is 0 Å². The molecule has 0 nitrogen and oxygen atoms in total. The third kappa shape index (κ3) is 22700. The molecule has 0 heterocycles. The SMILES string of the molecule is C[C-](C)C.[C-]#C.[Co+2]. The smallest absolute Gasteiger partial charge is 0.697 e. The molecular formula is C6H10Co. The molecule has 0 spiro atoms. The molecule has 0 aromatic heterocycles. The Morgan fingerprint density at radius 1 is 1.14 bits per heavy atom. The van der Waals surface area contributed by atoms with Crippen molar-refractivity contribution in [1.82, 2.24) is 0 Å². The van der Waals surface area contributed by atoms with Crippen LogP contribution in [0.2, 0.25) is 0 Å². The summed E-state index contributed by atoms with van der Waals surface area (Å²) in [5.74, 6) is 1.42. The molecule has 0 aliphatic heterocycles. The molecule has 0 rings (SSSR count). The van der Waals surface area contributed by atoms with Gasteiger partial charge in [-0.1, -0.05) is 0 Å². The molecule has 0 fully saturated rings. The van der Waals surface area contributed by atoms with Crippen LogP contribution in [-0.2, 0) is 16.8 Å². The molecule has 43 valence electrons. The van der Waals surface area contributed by atoms with E-state index in [-0.39, 0.29) is 16.8 Å². The molecule has 0 unspecified atom stereocenters. The van der Waals surface area contributed by atoms with Gasteiger partial charge in [-0.3, -0.25) is 0 Å². The van der Waals surface area contributed by atoms with E-state index in [2.05, 4.69) is 27.2 Å².